The van der Waals surface area contributed by atoms with E-state index in [0.717, 1.165) is 19.3 Å². The summed E-state index contributed by atoms with van der Waals surface area (Å²) in [5.74, 6) is -0.467. The van der Waals surface area contributed by atoms with Crippen LogP contribution in [0.5, 0.6) is 0 Å². The molecule has 2 fully saturated rings. The van der Waals surface area contributed by atoms with Crippen molar-refractivity contribution in [1.82, 2.24) is 15.5 Å². The summed E-state index contributed by atoms with van der Waals surface area (Å²) in [5.41, 5.74) is 0. The van der Waals surface area contributed by atoms with Gasteiger partial charge >= 0.3 is 12.0 Å². The van der Waals surface area contributed by atoms with Gasteiger partial charge in [-0.2, -0.15) is 0 Å². The third-order valence-corrected chi connectivity index (χ3v) is 6.16. The van der Waals surface area contributed by atoms with E-state index < -0.39 is 30.4 Å². The van der Waals surface area contributed by atoms with Crippen molar-refractivity contribution in [1.29, 1.82) is 0 Å². The molecule has 9 heteroatoms. The molecule has 1 saturated heterocycles. The second-order valence-electron chi connectivity index (χ2n) is 8.20. The van der Waals surface area contributed by atoms with E-state index in [1.54, 1.807) is 12.1 Å². The number of esters is 1. The summed E-state index contributed by atoms with van der Waals surface area (Å²) in [7, 11) is 0. The number of amides is 4. The molecule has 3 rings (SSSR count). The van der Waals surface area contributed by atoms with Crippen LogP contribution in [0.4, 0.5) is 4.79 Å². The number of furan rings is 1. The molecule has 2 aliphatic rings. The molecule has 0 radical (unpaired) electrons. The van der Waals surface area contributed by atoms with Crippen LogP contribution in [-0.2, 0) is 25.7 Å². The maximum Gasteiger partial charge on any atom is 0.321 e. The van der Waals surface area contributed by atoms with Gasteiger partial charge in [0.25, 0.3) is 5.91 Å². The van der Waals surface area contributed by atoms with E-state index in [1.165, 1.54) is 6.26 Å². The molecule has 0 unspecified atom stereocenters. The number of carbonyl (C=O) groups is 4. The molecule has 2 heterocycles. The Hall–Kier alpha value is -2.84. The number of hydrogen-bond donors (Lipinski definition) is 2. The molecule has 0 bridgehead atoms. The molecule has 2 N–H and O–H groups in total. The third kappa shape index (κ3) is 5.40. The average Bonchev–Trinajstić information content (AvgIpc) is 3.36. The largest absolute Gasteiger partial charge is 0.467 e. The van der Waals surface area contributed by atoms with Crippen LogP contribution in [0.15, 0.2) is 22.8 Å². The topological polar surface area (TPSA) is 118 Å². The van der Waals surface area contributed by atoms with E-state index in [4.69, 9.17) is 9.15 Å². The summed E-state index contributed by atoms with van der Waals surface area (Å²) in [4.78, 5) is 50.2. The van der Waals surface area contributed by atoms with Gasteiger partial charge in [0.05, 0.1) is 18.7 Å². The second-order valence-corrected chi connectivity index (χ2v) is 8.20. The number of ether oxygens (including phenoxy) is 1. The van der Waals surface area contributed by atoms with E-state index in [-0.39, 0.29) is 24.9 Å². The number of nitrogens with one attached hydrogen (secondary N) is 2. The predicted molar refractivity (Wildman–Crippen MR) is 106 cm³/mol. The molecular formula is C21H29N3O6. The first-order valence-electron chi connectivity index (χ1n) is 10.4. The minimum atomic E-state index is -0.740. The van der Waals surface area contributed by atoms with Crippen LogP contribution in [0.25, 0.3) is 0 Å². The Balaban J connectivity index is 1.40. The highest BCUT2D eigenvalue weighted by molar-refractivity contribution is 5.96. The Labute approximate surface area is 175 Å². The standard InChI is InChI=1S/C21H29N3O6/c1-13-5-3-7-17(14(13)2)24-11-15(9-19(24)26)20(27)30-12-18(25)23-21(28)22-10-16-6-4-8-29-16/h4,6,8,13-15,17H,3,5,7,9-12H2,1-2H3,(H2,22,23,25,28)/t13-,14+,15+,17-/m0/s1. The van der Waals surface area contributed by atoms with Crippen molar-refractivity contribution in [3.05, 3.63) is 24.2 Å². The highest BCUT2D eigenvalue weighted by Crippen LogP contribution is 2.35. The van der Waals surface area contributed by atoms with Crippen LogP contribution in [0, 0.1) is 17.8 Å². The van der Waals surface area contributed by atoms with Gasteiger partial charge in [-0.05, 0) is 30.4 Å². The minimum Gasteiger partial charge on any atom is -0.467 e. The van der Waals surface area contributed by atoms with Crippen LogP contribution >= 0.6 is 0 Å². The lowest BCUT2D eigenvalue weighted by Gasteiger charge is -2.39. The quantitative estimate of drug-likeness (QED) is 0.679. The molecule has 1 aromatic heterocycles. The average molecular weight is 419 g/mol. The molecule has 9 nitrogen and oxygen atoms in total. The number of hydrogen-bond acceptors (Lipinski definition) is 6. The number of nitrogens with zero attached hydrogens (tertiary/aromatic N) is 1. The monoisotopic (exact) mass is 419 g/mol. The summed E-state index contributed by atoms with van der Waals surface area (Å²) in [5, 5.41) is 4.54. The normalized spacial score (nSPS) is 26.3. The molecule has 0 aromatic carbocycles. The van der Waals surface area contributed by atoms with E-state index in [2.05, 4.69) is 24.5 Å². The van der Waals surface area contributed by atoms with Crippen LogP contribution in [-0.4, -0.2) is 47.9 Å². The summed E-state index contributed by atoms with van der Waals surface area (Å²) in [6.45, 7) is 4.24. The van der Waals surface area contributed by atoms with Crippen LogP contribution in [0.3, 0.4) is 0 Å². The van der Waals surface area contributed by atoms with E-state index in [0.29, 0.717) is 24.1 Å². The second kappa shape index (κ2) is 9.77. The number of likely N-dealkylation sites (tertiary alicyclic amines) is 1. The Morgan fingerprint density at radius 2 is 2.07 bits per heavy atom. The Morgan fingerprint density at radius 3 is 2.80 bits per heavy atom. The molecule has 1 aliphatic carbocycles. The summed E-state index contributed by atoms with van der Waals surface area (Å²) >= 11 is 0. The lowest BCUT2D eigenvalue weighted by atomic mass is 9.77. The summed E-state index contributed by atoms with van der Waals surface area (Å²) < 4.78 is 10.1. The Bertz CT molecular complexity index is 778. The smallest absolute Gasteiger partial charge is 0.321 e. The van der Waals surface area contributed by atoms with Crippen LogP contribution in [0.1, 0.15) is 45.3 Å². The van der Waals surface area contributed by atoms with Gasteiger partial charge in [0.15, 0.2) is 6.61 Å². The third-order valence-electron chi connectivity index (χ3n) is 6.16. The predicted octanol–water partition coefficient (Wildman–Crippen LogP) is 1.82. The van der Waals surface area contributed by atoms with Gasteiger partial charge in [-0.25, -0.2) is 4.79 Å². The van der Waals surface area contributed by atoms with Crippen molar-refractivity contribution >= 4 is 23.8 Å². The number of imide groups is 1. The van der Waals surface area contributed by atoms with Gasteiger partial charge in [-0.3, -0.25) is 19.7 Å². The van der Waals surface area contributed by atoms with E-state index in [9.17, 15) is 19.2 Å². The fourth-order valence-corrected chi connectivity index (χ4v) is 4.25. The minimum absolute atomic E-state index is 0.0374. The van der Waals surface area contributed by atoms with Gasteiger partial charge < -0.3 is 19.4 Å². The fraction of sp³-hybridized carbons (Fsp3) is 0.619. The number of urea groups is 1. The van der Waals surface area contributed by atoms with Crippen molar-refractivity contribution in [3.63, 3.8) is 0 Å². The first-order valence-corrected chi connectivity index (χ1v) is 10.4. The molecule has 1 saturated carbocycles. The molecule has 1 aromatic rings. The fourth-order valence-electron chi connectivity index (χ4n) is 4.25. The van der Waals surface area contributed by atoms with Crippen molar-refractivity contribution in [2.75, 3.05) is 13.2 Å². The molecule has 4 amide bonds. The molecule has 1 aliphatic heterocycles. The highest BCUT2D eigenvalue weighted by atomic mass is 16.5. The highest BCUT2D eigenvalue weighted by Gasteiger charge is 2.42. The maximum atomic E-state index is 12.5. The number of carbonyl (C=O) groups excluding carboxylic acids is 4. The first-order chi connectivity index (χ1) is 14.3. The van der Waals surface area contributed by atoms with Crippen molar-refractivity contribution in [3.8, 4) is 0 Å². The van der Waals surface area contributed by atoms with Crippen molar-refractivity contribution in [2.45, 2.75) is 52.1 Å². The zero-order chi connectivity index (χ0) is 21.7. The maximum absolute atomic E-state index is 12.5. The SMILES string of the molecule is C[C@@H]1[C@@H](C)CCC[C@@H]1N1C[C@H](C(=O)OCC(=O)NC(=O)NCc2ccco2)CC1=O. The lowest BCUT2D eigenvalue weighted by Crippen LogP contribution is -2.45. The van der Waals surface area contributed by atoms with Gasteiger partial charge in [0.1, 0.15) is 5.76 Å². The Kier molecular flexibility index (Phi) is 7.12. The summed E-state index contributed by atoms with van der Waals surface area (Å²) in [6.07, 6.45) is 4.77. The van der Waals surface area contributed by atoms with Gasteiger partial charge in [-0.15, -0.1) is 0 Å². The van der Waals surface area contributed by atoms with Gasteiger partial charge in [0.2, 0.25) is 5.91 Å². The van der Waals surface area contributed by atoms with E-state index in [1.807, 2.05) is 4.90 Å². The molecule has 164 valence electrons. The van der Waals surface area contributed by atoms with Crippen LogP contribution < -0.4 is 10.6 Å². The van der Waals surface area contributed by atoms with E-state index >= 15 is 0 Å². The molecule has 0 spiro atoms. The van der Waals surface area contributed by atoms with Crippen LogP contribution in [0.2, 0.25) is 0 Å². The zero-order valence-corrected chi connectivity index (χ0v) is 17.4. The van der Waals surface area contributed by atoms with Crippen molar-refractivity contribution in [2.24, 2.45) is 17.8 Å². The first kappa shape index (κ1) is 21.9. The number of rotatable bonds is 6. The Morgan fingerprint density at radius 1 is 1.27 bits per heavy atom. The van der Waals surface area contributed by atoms with Gasteiger partial charge in [0, 0.05) is 19.0 Å². The van der Waals surface area contributed by atoms with Crippen molar-refractivity contribution < 1.29 is 28.3 Å². The molecular weight excluding hydrogens is 390 g/mol. The molecule has 30 heavy (non-hydrogen) atoms. The van der Waals surface area contributed by atoms with Gasteiger partial charge in [-0.1, -0.05) is 26.7 Å². The summed E-state index contributed by atoms with van der Waals surface area (Å²) in [6, 6.07) is 2.81. The lowest BCUT2D eigenvalue weighted by molar-refractivity contribution is -0.152. The zero-order valence-electron chi connectivity index (χ0n) is 17.4. The molecule has 4 atom stereocenters.